The van der Waals surface area contributed by atoms with Crippen molar-refractivity contribution in [1.82, 2.24) is 0 Å². The van der Waals surface area contributed by atoms with Crippen molar-refractivity contribution < 1.29 is 5.11 Å². The largest absolute Gasteiger partial charge is 0.387 e. The van der Waals surface area contributed by atoms with E-state index < -0.39 is 6.10 Å². The maximum atomic E-state index is 9.76. The molecule has 0 heterocycles. The number of halogens is 1. The van der Waals surface area contributed by atoms with Crippen LogP contribution in [-0.2, 0) is 0 Å². The van der Waals surface area contributed by atoms with Gasteiger partial charge in [0, 0.05) is 10.4 Å². The Bertz CT molecular complexity index is 220. The van der Waals surface area contributed by atoms with Crippen molar-refractivity contribution in [3.05, 3.63) is 22.7 Å². The molecule has 1 nitrogen and oxygen atoms in total. The number of allylic oxidation sites excluding steroid dienone is 1. The summed E-state index contributed by atoms with van der Waals surface area (Å²) in [4.78, 5) is 0. The van der Waals surface area contributed by atoms with E-state index in [9.17, 15) is 5.11 Å². The maximum absolute atomic E-state index is 9.76. The molecule has 2 heteroatoms. The van der Waals surface area contributed by atoms with Gasteiger partial charge in [0.25, 0.3) is 0 Å². The molecule has 0 saturated carbocycles. The second-order valence-corrected chi connectivity index (χ2v) is 4.72. The number of hydrogen-bond acceptors (Lipinski definition) is 1. The molecule has 13 heavy (non-hydrogen) atoms. The summed E-state index contributed by atoms with van der Waals surface area (Å²) in [6.07, 6.45) is 6.69. The van der Waals surface area contributed by atoms with Gasteiger partial charge in [-0.25, -0.2) is 0 Å². The Morgan fingerprint density at radius 2 is 2.31 bits per heavy atom. The lowest BCUT2D eigenvalue weighted by molar-refractivity contribution is 0.174. The lowest BCUT2D eigenvalue weighted by atomic mass is 9.87. The Labute approximate surface area is 88.7 Å². The SMILES string of the molecule is C=C(Br)C(O)C(C)C1=CCCCC1. The van der Waals surface area contributed by atoms with Crippen LogP contribution in [0.25, 0.3) is 0 Å². The van der Waals surface area contributed by atoms with Crippen molar-refractivity contribution in [3.63, 3.8) is 0 Å². The van der Waals surface area contributed by atoms with Crippen molar-refractivity contribution in [2.45, 2.75) is 38.7 Å². The summed E-state index contributed by atoms with van der Waals surface area (Å²) in [7, 11) is 0. The molecular weight excluding hydrogens is 228 g/mol. The Morgan fingerprint density at radius 3 is 2.77 bits per heavy atom. The van der Waals surface area contributed by atoms with E-state index in [1.165, 1.54) is 24.8 Å². The van der Waals surface area contributed by atoms with Gasteiger partial charge in [-0.05, 0) is 25.7 Å². The van der Waals surface area contributed by atoms with Gasteiger partial charge in [-0.1, -0.05) is 41.1 Å². The van der Waals surface area contributed by atoms with Crippen molar-refractivity contribution >= 4 is 15.9 Å². The summed E-state index contributed by atoms with van der Waals surface area (Å²) in [5, 5.41) is 9.76. The van der Waals surface area contributed by atoms with E-state index in [2.05, 4.69) is 35.5 Å². The van der Waals surface area contributed by atoms with Crippen molar-refractivity contribution in [1.29, 1.82) is 0 Å². The van der Waals surface area contributed by atoms with Gasteiger partial charge >= 0.3 is 0 Å². The Hall–Kier alpha value is -0.0800. The van der Waals surface area contributed by atoms with Gasteiger partial charge in [0.1, 0.15) is 0 Å². The average Bonchev–Trinajstić information content (AvgIpc) is 2.17. The molecule has 0 spiro atoms. The number of aliphatic hydroxyl groups excluding tert-OH is 1. The Balaban J connectivity index is 2.60. The zero-order valence-electron chi connectivity index (χ0n) is 8.09. The molecule has 0 fully saturated rings. The van der Waals surface area contributed by atoms with Crippen molar-refractivity contribution in [2.75, 3.05) is 0 Å². The monoisotopic (exact) mass is 244 g/mol. The minimum Gasteiger partial charge on any atom is -0.387 e. The highest BCUT2D eigenvalue weighted by Crippen LogP contribution is 2.29. The smallest absolute Gasteiger partial charge is 0.0911 e. The van der Waals surface area contributed by atoms with E-state index in [0.717, 1.165) is 6.42 Å². The zero-order valence-corrected chi connectivity index (χ0v) is 9.68. The summed E-state index contributed by atoms with van der Waals surface area (Å²) in [5.74, 6) is 0.215. The predicted octanol–water partition coefficient (Wildman–Crippen LogP) is 3.39. The molecule has 2 unspecified atom stereocenters. The number of hydrogen-bond donors (Lipinski definition) is 1. The van der Waals surface area contributed by atoms with Crippen molar-refractivity contribution in [2.24, 2.45) is 5.92 Å². The molecule has 0 amide bonds. The first kappa shape index (κ1) is 11.0. The summed E-state index contributed by atoms with van der Waals surface area (Å²) >= 11 is 3.24. The van der Waals surface area contributed by atoms with Crippen LogP contribution in [-0.4, -0.2) is 11.2 Å². The molecular formula is C11H17BrO. The van der Waals surface area contributed by atoms with Crippen LogP contribution in [0.1, 0.15) is 32.6 Å². The van der Waals surface area contributed by atoms with Crippen LogP contribution < -0.4 is 0 Å². The summed E-state index contributed by atoms with van der Waals surface area (Å²) in [5.41, 5.74) is 1.39. The lowest BCUT2D eigenvalue weighted by Crippen LogP contribution is -2.20. The first-order valence-electron chi connectivity index (χ1n) is 4.84. The first-order valence-corrected chi connectivity index (χ1v) is 5.63. The zero-order chi connectivity index (χ0) is 9.84. The standard InChI is InChI=1S/C11H17BrO/c1-8(11(13)9(2)12)10-6-4-3-5-7-10/h6,8,11,13H,2-5,7H2,1H3. The van der Waals surface area contributed by atoms with Crippen molar-refractivity contribution in [3.8, 4) is 0 Å². The minimum atomic E-state index is -0.440. The lowest BCUT2D eigenvalue weighted by Gasteiger charge is -2.23. The van der Waals surface area contributed by atoms with Crippen LogP contribution in [0, 0.1) is 5.92 Å². The maximum Gasteiger partial charge on any atom is 0.0911 e. The van der Waals surface area contributed by atoms with E-state index in [1.807, 2.05) is 0 Å². The van der Waals surface area contributed by atoms with Crippen LogP contribution in [0.2, 0.25) is 0 Å². The molecule has 0 bridgehead atoms. The number of rotatable bonds is 3. The molecule has 2 atom stereocenters. The highest BCUT2D eigenvalue weighted by Gasteiger charge is 2.20. The summed E-state index contributed by atoms with van der Waals surface area (Å²) in [6, 6.07) is 0. The molecule has 74 valence electrons. The molecule has 1 aliphatic rings. The normalized spacial score (nSPS) is 21.9. The molecule has 0 aromatic heterocycles. The van der Waals surface area contributed by atoms with Gasteiger partial charge in [0.15, 0.2) is 0 Å². The summed E-state index contributed by atoms with van der Waals surface area (Å²) < 4.78 is 0.687. The molecule has 0 saturated heterocycles. The van der Waals surface area contributed by atoms with Gasteiger partial charge in [-0.3, -0.25) is 0 Å². The van der Waals surface area contributed by atoms with Crippen LogP contribution in [0.3, 0.4) is 0 Å². The molecule has 0 radical (unpaired) electrons. The predicted molar refractivity (Wildman–Crippen MR) is 59.8 cm³/mol. The highest BCUT2D eigenvalue weighted by atomic mass is 79.9. The fraction of sp³-hybridized carbons (Fsp3) is 0.636. The van der Waals surface area contributed by atoms with E-state index >= 15 is 0 Å². The first-order chi connectivity index (χ1) is 6.13. The van der Waals surface area contributed by atoms with Gasteiger partial charge in [-0.15, -0.1) is 0 Å². The number of aliphatic hydroxyl groups is 1. The second kappa shape index (κ2) is 4.97. The third kappa shape index (κ3) is 2.96. The van der Waals surface area contributed by atoms with Crippen LogP contribution in [0.4, 0.5) is 0 Å². The molecule has 0 aromatic rings. The third-order valence-electron chi connectivity index (χ3n) is 2.71. The Kier molecular flexibility index (Phi) is 4.20. The van der Waals surface area contributed by atoms with E-state index in [0.29, 0.717) is 4.48 Å². The Morgan fingerprint density at radius 1 is 1.62 bits per heavy atom. The van der Waals surface area contributed by atoms with Gasteiger partial charge in [-0.2, -0.15) is 0 Å². The van der Waals surface area contributed by atoms with Gasteiger partial charge < -0.3 is 5.11 Å². The van der Waals surface area contributed by atoms with Gasteiger partial charge in [0.05, 0.1) is 6.10 Å². The quantitative estimate of drug-likeness (QED) is 0.755. The minimum absolute atomic E-state index is 0.215. The van der Waals surface area contributed by atoms with Crippen LogP contribution in [0.15, 0.2) is 22.7 Å². The fourth-order valence-corrected chi connectivity index (χ4v) is 2.15. The molecule has 1 rings (SSSR count). The highest BCUT2D eigenvalue weighted by molar-refractivity contribution is 9.11. The van der Waals surface area contributed by atoms with E-state index in [-0.39, 0.29) is 5.92 Å². The van der Waals surface area contributed by atoms with E-state index in [1.54, 1.807) is 0 Å². The van der Waals surface area contributed by atoms with Crippen LogP contribution in [0.5, 0.6) is 0 Å². The molecule has 0 aromatic carbocycles. The second-order valence-electron chi connectivity index (χ2n) is 3.71. The van der Waals surface area contributed by atoms with Crippen LogP contribution >= 0.6 is 15.9 Å². The molecule has 1 N–H and O–H groups in total. The van der Waals surface area contributed by atoms with E-state index in [4.69, 9.17) is 0 Å². The topological polar surface area (TPSA) is 20.2 Å². The fourth-order valence-electron chi connectivity index (χ4n) is 1.75. The molecule has 1 aliphatic carbocycles. The summed E-state index contributed by atoms with van der Waals surface area (Å²) in [6.45, 7) is 5.77. The van der Waals surface area contributed by atoms with Gasteiger partial charge in [0.2, 0.25) is 0 Å². The molecule has 0 aliphatic heterocycles. The third-order valence-corrected chi connectivity index (χ3v) is 3.17. The average molecular weight is 245 g/mol.